The number of amides is 2. The molecule has 1 fully saturated rings. The summed E-state index contributed by atoms with van der Waals surface area (Å²) in [5.41, 5.74) is 0.464. The molecule has 0 aromatic heterocycles. The fraction of sp³-hybridized carbons (Fsp3) is 0.429. The Balaban J connectivity index is 1.96. The molecule has 0 spiro atoms. The van der Waals surface area contributed by atoms with E-state index in [0.717, 1.165) is 5.56 Å². The van der Waals surface area contributed by atoms with Crippen LogP contribution in [0.3, 0.4) is 0 Å². The zero-order valence-electron chi connectivity index (χ0n) is 11.3. The third kappa shape index (κ3) is 2.61. The molecular formula is C14H18N2O3. The molecule has 1 aromatic carbocycles. The van der Waals surface area contributed by atoms with Gasteiger partial charge in [0.25, 0.3) is 5.91 Å². The second kappa shape index (κ2) is 5.01. The van der Waals surface area contributed by atoms with Crippen molar-refractivity contribution in [2.24, 2.45) is 0 Å². The fourth-order valence-corrected chi connectivity index (χ4v) is 2.14. The minimum absolute atomic E-state index is 0.212. The number of hydrogen-bond acceptors (Lipinski definition) is 3. The number of nitrogens with zero attached hydrogens (tertiary/aromatic N) is 1. The zero-order valence-corrected chi connectivity index (χ0v) is 11.3. The number of carbonyl (C=O) groups is 2. The average Bonchev–Trinajstić information content (AvgIpc) is 2.37. The lowest BCUT2D eigenvalue weighted by Gasteiger charge is -2.51. The van der Waals surface area contributed by atoms with Gasteiger partial charge in [-0.1, -0.05) is 30.3 Å². The Kier molecular flexibility index (Phi) is 3.57. The number of β-lactam (4-membered cyclic amide) rings is 1. The molecule has 1 aliphatic rings. The minimum atomic E-state index is -0.530. The number of hydrogen-bond donors (Lipinski definition) is 1. The van der Waals surface area contributed by atoms with E-state index in [1.54, 1.807) is 0 Å². The Morgan fingerprint density at radius 2 is 2.00 bits per heavy atom. The fourth-order valence-electron chi connectivity index (χ4n) is 2.14. The second-order valence-electron chi connectivity index (χ2n) is 5.18. The molecule has 5 heteroatoms. The molecule has 2 rings (SSSR count). The molecule has 0 radical (unpaired) electrons. The molecule has 1 N–H and O–H groups in total. The van der Waals surface area contributed by atoms with Crippen molar-refractivity contribution in [3.63, 3.8) is 0 Å². The van der Waals surface area contributed by atoms with Crippen molar-refractivity contribution in [1.82, 2.24) is 10.4 Å². The molecule has 1 heterocycles. The quantitative estimate of drug-likeness (QED) is 0.831. The number of benzene rings is 1. The van der Waals surface area contributed by atoms with E-state index in [4.69, 9.17) is 4.84 Å². The van der Waals surface area contributed by atoms with Crippen LogP contribution in [-0.2, 0) is 21.0 Å². The summed E-state index contributed by atoms with van der Waals surface area (Å²) in [7, 11) is 0. The van der Waals surface area contributed by atoms with Crippen molar-refractivity contribution in [2.75, 3.05) is 0 Å². The van der Waals surface area contributed by atoms with Gasteiger partial charge in [0.1, 0.15) is 12.6 Å². The van der Waals surface area contributed by atoms with E-state index in [1.165, 1.54) is 12.0 Å². The van der Waals surface area contributed by atoms with Crippen LogP contribution >= 0.6 is 0 Å². The van der Waals surface area contributed by atoms with Gasteiger partial charge >= 0.3 is 0 Å². The van der Waals surface area contributed by atoms with Crippen LogP contribution < -0.4 is 5.32 Å². The third-order valence-corrected chi connectivity index (χ3v) is 3.23. The Morgan fingerprint density at radius 1 is 1.37 bits per heavy atom. The van der Waals surface area contributed by atoms with E-state index in [1.807, 2.05) is 44.2 Å². The van der Waals surface area contributed by atoms with E-state index in [-0.39, 0.29) is 11.8 Å². The minimum Gasteiger partial charge on any atom is -0.342 e. The molecule has 0 unspecified atom stereocenters. The molecule has 1 atom stereocenters. The van der Waals surface area contributed by atoms with Gasteiger partial charge in [-0.05, 0) is 19.4 Å². The Bertz CT molecular complexity index is 485. The normalized spacial score (nSPS) is 20.9. The second-order valence-corrected chi connectivity index (χ2v) is 5.18. The summed E-state index contributed by atoms with van der Waals surface area (Å²) in [5.74, 6) is -0.426. The average molecular weight is 262 g/mol. The summed E-state index contributed by atoms with van der Waals surface area (Å²) in [6.45, 7) is 5.46. The highest BCUT2D eigenvalue weighted by atomic mass is 16.7. The summed E-state index contributed by atoms with van der Waals surface area (Å²) in [6, 6.07) is 9.12. The maximum absolute atomic E-state index is 11.9. The summed E-state index contributed by atoms with van der Waals surface area (Å²) < 4.78 is 0. The monoisotopic (exact) mass is 262 g/mol. The topological polar surface area (TPSA) is 58.6 Å². The van der Waals surface area contributed by atoms with Gasteiger partial charge in [0.05, 0.1) is 5.54 Å². The molecule has 5 nitrogen and oxygen atoms in total. The van der Waals surface area contributed by atoms with Crippen LogP contribution in [0.15, 0.2) is 30.3 Å². The van der Waals surface area contributed by atoms with Crippen LogP contribution in [0.5, 0.6) is 0 Å². The molecule has 2 amide bonds. The van der Waals surface area contributed by atoms with Crippen molar-refractivity contribution >= 4 is 11.8 Å². The number of nitrogens with one attached hydrogen (secondary N) is 1. The van der Waals surface area contributed by atoms with Crippen LogP contribution in [0, 0.1) is 0 Å². The van der Waals surface area contributed by atoms with E-state index in [9.17, 15) is 9.59 Å². The molecule has 1 aliphatic heterocycles. The molecule has 1 saturated heterocycles. The third-order valence-electron chi connectivity index (χ3n) is 3.23. The highest BCUT2D eigenvalue weighted by molar-refractivity contribution is 5.93. The molecule has 0 aliphatic carbocycles. The Labute approximate surface area is 112 Å². The van der Waals surface area contributed by atoms with Crippen molar-refractivity contribution in [2.45, 2.75) is 39.0 Å². The SMILES string of the molecule is CC(=O)N[C@@H]1C(=O)N(OCc2ccccc2)C1(C)C. The van der Waals surface area contributed by atoms with Crippen LogP contribution in [-0.4, -0.2) is 28.5 Å². The lowest BCUT2D eigenvalue weighted by atomic mass is 9.84. The largest absolute Gasteiger partial charge is 0.342 e. The number of rotatable bonds is 4. The van der Waals surface area contributed by atoms with Gasteiger partial charge in [0, 0.05) is 6.92 Å². The van der Waals surface area contributed by atoms with Crippen LogP contribution in [0.1, 0.15) is 26.3 Å². The molecule has 19 heavy (non-hydrogen) atoms. The van der Waals surface area contributed by atoms with E-state index in [2.05, 4.69) is 5.32 Å². The lowest BCUT2D eigenvalue weighted by Crippen LogP contribution is -2.76. The van der Waals surface area contributed by atoms with Gasteiger partial charge in [-0.25, -0.2) is 5.06 Å². The predicted octanol–water partition coefficient (Wildman–Crippen LogP) is 1.24. The Morgan fingerprint density at radius 3 is 2.53 bits per heavy atom. The molecule has 1 aromatic rings. The number of hydroxylamine groups is 2. The zero-order chi connectivity index (χ0) is 14.0. The van der Waals surface area contributed by atoms with Gasteiger partial charge in [-0.2, -0.15) is 0 Å². The van der Waals surface area contributed by atoms with Crippen LogP contribution in [0.25, 0.3) is 0 Å². The summed E-state index contributed by atoms with van der Waals surface area (Å²) in [5, 5.41) is 3.97. The van der Waals surface area contributed by atoms with Crippen LogP contribution in [0.2, 0.25) is 0 Å². The molecular weight excluding hydrogens is 244 g/mol. The summed E-state index contributed by atoms with van der Waals surface area (Å²) in [4.78, 5) is 28.5. The van der Waals surface area contributed by atoms with E-state index in [0.29, 0.717) is 6.61 Å². The highest BCUT2D eigenvalue weighted by Crippen LogP contribution is 2.32. The van der Waals surface area contributed by atoms with Gasteiger partial charge in [0.2, 0.25) is 5.91 Å². The van der Waals surface area contributed by atoms with E-state index >= 15 is 0 Å². The first-order valence-electron chi connectivity index (χ1n) is 6.21. The molecule has 0 saturated carbocycles. The smallest absolute Gasteiger partial charge is 0.271 e. The summed E-state index contributed by atoms with van der Waals surface area (Å²) in [6.07, 6.45) is 0. The first-order valence-corrected chi connectivity index (χ1v) is 6.21. The van der Waals surface area contributed by atoms with Crippen molar-refractivity contribution in [3.8, 4) is 0 Å². The van der Waals surface area contributed by atoms with E-state index < -0.39 is 11.6 Å². The van der Waals surface area contributed by atoms with Crippen molar-refractivity contribution in [1.29, 1.82) is 0 Å². The predicted molar refractivity (Wildman–Crippen MR) is 69.8 cm³/mol. The van der Waals surface area contributed by atoms with Gasteiger partial charge in [0.15, 0.2) is 0 Å². The standard InChI is InChI=1S/C14H18N2O3/c1-10(17)15-12-13(18)16(14(12,2)3)19-9-11-7-5-4-6-8-11/h4-8,12H,9H2,1-3H3,(H,15,17)/t12-/m1/s1. The molecule has 0 bridgehead atoms. The first-order chi connectivity index (χ1) is 8.93. The number of carbonyl (C=O) groups excluding carboxylic acids is 2. The van der Waals surface area contributed by atoms with Gasteiger partial charge in [-0.15, -0.1) is 0 Å². The summed E-state index contributed by atoms with van der Waals surface area (Å²) >= 11 is 0. The van der Waals surface area contributed by atoms with Crippen molar-refractivity contribution < 1.29 is 14.4 Å². The maximum atomic E-state index is 11.9. The van der Waals surface area contributed by atoms with Gasteiger partial charge in [-0.3, -0.25) is 14.4 Å². The molecule has 102 valence electrons. The van der Waals surface area contributed by atoms with Crippen LogP contribution in [0.4, 0.5) is 0 Å². The Hall–Kier alpha value is -1.88. The lowest BCUT2D eigenvalue weighted by molar-refractivity contribution is -0.263. The maximum Gasteiger partial charge on any atom is 0.271 e. The first kappa shape index (κ1) is 13.5. The van der Waals surface area contributed by atoms with Crippen molar-refractivity contribution in [3.05, 3.63) is 35.9 Å². The van der Waals surface area contributed by atoms with Gasteiger partial charge < -0.3 is 5.32 Å². The highest BCUT2D eigenvalue weighted by Gasteiger charge is 2.56.